The third-order valence-corrected chi connectivity index (χ3v) is 3.74. The van der Waals surface area contributed by atoms with Crippen molar-refractivity contribution in [3.8, 4) is 0 Å². The molecule has 1 aromatic rings. The van der Waals surface area contributed by atoms with Crippen LogP contribution in [-0.2, 0) is 4.74 Å². The van der Waals surface area contributed by atoms with Crippen molar-refractivity contribution in [2.45, 2.75) is 25.9 Å². The van der Waals surface area contributed by atoms with Gasteiger partial charge in [-0.3, -0.25) is 14.9 Å². The highest BCUT2D eigenvalue weighted by Gasteiger charge is 2.27. The van der Waals surface area contributed by atoms with Gasteiger partial charge in [-0.1, -0.05) is 11.6 Å². The largest absolute Gasteiger partial charge is 0.376 e. The number of nitro groups is 1. The molecule has 6 nitrogen and oxygen atoms in total. The van der Waals surface area contributed by atoms with Gasteiger partial charge in [0.1, 0.15) is 5.56 Å². The van der Waals surface area contributed by atoms with Gasteiger partial charge in [-0.05, 0) is 31.9 Å². The fourth-order valence-electron chi connectivity index (χ4n) is 2.40. The van der Waals surface area contributed by atoms with Gasteiger partial charge < -0.3 is 9.64 Å². The number of ether oxygens (including phenoxy) is 1. The number of likely N-dealkylation sites (N-methyl/N-ethyl adjacent to an activating group) is 1. The first-order valence-electron chi connectivity index (χ1n) is 6.87. The maximum absolute atomic E-state index is 12.5. The Balaban J connectivity index is 2.23. The summed E-state index contributed by atoms with van der Waals surface area (Å²) in [7, 11) is 0. The van der Waals surface area contributed by atoms with Gasteiger partial charge in [0.25, 0.3) is 11.6 Å². The fraction of sp³-hybridized carbons (Fsp3) is 0.500. The maximum Gasteiger partial charge on any atom is 0.282 e. The summed E-state index contributed by atoms with van der Waals surface area (Å²) in [6, 6.07) is 4.02. The average molecular weight is 313 g/mol. The smallest absolute Gasteiger partial charge is 0.282 e. The Hall–Kier alpha value is -1.66. The second kappa shape index (κ2) is 6.87. The Bertz CT molecular complexity index is 544. The molecule has 1 aliphatic rings. The lowest BCUT2D eigenvalue weighted by Gasteiger charge is -2.24. The Morgan fingerprint density at radius 3 is 2.90 bits per heavy atom. The Kier molecular flexibility index (Phi) is 5.14. The SMILES string of the molecule is CCN(CC1CCCO1)C(=O)c1cc(Cl)ccc1[N+](=O)[O-]. The molecular formula is C14H17ClN2O4. The van der Waals surface area contributed by atoms with Crippen LogP contribution in [0.1, 0.15) is 30.1 Å². The molecule has 1 fully saturated rings. The van der Waals surface area contributed by atoms with Crippen molar-refractivity contribution in [2.75, 3.05) is 19.7 Å². The van der Waals surface area contributed by atoms with E-state index < -0.39 is 4.92 Å². The summed E-state index contributed by atoms with van der Waals surface area (Å²) < 4.78 is 5.52. The summed E-state index contributed by atoms with van der Waals surface area (Å²) in [5.74, 6) is -0.387. The molecule has 0 bridgehead atoms. The van der Waals surface area contributed by atoms with Crippen LogP contribution in [0.4, 0.5) is 5.69 Å². The van der Waals surface area contributed by atoms with Gasteiger partial charge >= 0.3 is 0 Å². The molecule has 0 radical (unpaired) electrons. The van der Waals surface area contributed by atoms with Gasteiger partial charge in [-0.15, -0.1) is 0 Å². The predicted octanol–water partition coefficient (Wildman–Crippen LogP) is 2.89. The number of hydrogen-bond donors (Lipinski definition) is 0. The Morgan fingerprint density at radius 2 is 2.33 bits per heavy atom. The summed E-state index contributed by atoms with van der Waals surface area (Å²) in [5, 5.41) is 11.4. The number of carbonyl (C=O) groups is 1. The highest BCUT2D eigenvalue weighted by Crippen LogP contribution is 2.25. The first-order chi connectivity index (χ1) is 10.0. The molecule has 1 unspecified atom stereocenters. The molecular weight excluding hydrogens is 296 g/mol. The van der Waals surface area contributed by atoms with E-state index in [9.17, 15) is 14.9 Å². The minimum absolute atomic E-state index is 0.00661. The van der Waals surface area contributed by atoms with Crippen molar-refractivity contribution in [3.63, 3.8) is 0 Å². The number of rotatable bonds is 5. The highest BCUT2D eigenvalue weighted by atomic mass is 35.5. The second-order valence-electron chi connectivity index (χ2n) is 4.90. The van der Waals surface area contributed by atoms with Crippen molar-refractivity contribution in [3.05, 3.63) is 38.9 Å². The second-order valence-corrected chi connectivity index (χ2v) is 5.33. The van der Waals surface area contributed by atoms with Crippen molar-refractivity contribution < 1.29 is 14.5 Å². The molecule has 1 saturated heterocycles. The van der Waals surface area contributed by atoms with Crippen LogP contribution in [0.5, 0.6) is 0 Å². The van der Waals surface area contributed by atoms with E-state index in [1.165, 1.54) is 18.2 Å². The predicted molar refractivity (Wildman–Crippen MR) is 78.7 cm³/mol. The number of hydrogen-bond acceptors (Lipinski definition) is 4. The van der Waals surface area contributed by atoms with E-state index in [2.05, 4.69) is 0 Å². The third kappa shape index (κ3) is 3.71. The van der Waals surface area contributed by atoms with E-state index in [1.54, 1.807) is 4.90 Å². The van der Waals surface area contributed by atoms with Gasteiger partial charge in [0.15, 0.2) is 0 Å². The summed E-state index contributed by atoms with van der Waals surface area (Å²) in [6.07, 6.45) is 1.89. The minimum atomic E-state index is -0.566. The first kappa shape index (κ1) is 15.7. The van der Waals surface area contributed by atoms with Gasteiger partial charge in [0.2, 0.25) is 0 Å². The molecule has 0 spiro atoms. The lowest BCUT2D eigenvalue weighted by Crippen LogP contribution is -2.37. The molecule has 114 valence electrons. The molecule has 0 saturated carbocycles. The lowest BCUT2D eigenvalue weighted by molar-refractivity contribution is -0.385. The number of halogens is 1. The highest BCUT2D eigenvalue weighted by molar-refractivity contribution is 6.31. The average Bonchev–Trinajstić information content (AvgIpc) is 2.96. The molecule has 0 aromatic heterocycles. The molecule has 1 heterocycles. The van der Waals surface area contributed by atoms with E-state index >= 15 is 0 Å². The Labute approximate surface area is 127 Å². The van der Waals surface area contributed by atoms with Crippen LogP contribution >= 0.6 is 11.6 Å². The van der Waals surface area contributed by atoms with Gasteiger partial charge in [0.05, 0.1) is 11.0 Å². The van der Waals surface area contributed by atoms with Crippen LogP contribution in [0.25, 0.3) is 0 Å². The van der Waals surface area contributed by atoms with E-state index in [1.807, 2.05) is 6.92 Å². The number of amides is 1. The molecule has 1 atom stereocenters. The van der Waals surface area contributed by atoms with Crippen LogP contribution in [0.15, 0.2) is 18.2 Å². The normalized spacial score (nSPS) is 17.7. The summed E-state index contributed by atoms with van der Waals surface area (Å²) in [4.78, 5) is 24.6. The van der Waals surface area contributed by atoms with E-state index in [-0.39, 0.29) is 23.3 Å². The van der Waals surface area contributed by atoms with Crippen LogP contribution < -0.4 is 0 Å². The molecule has 0 aliphatic carbocycles. The van der Waals surface area contributed by atoms with Gasteiger partial charge in [-0.2, -0.15) is 0 Å². The monoisotopic (exact) mass is 312 g/mol. The van der Waals surface area contributed by atoms with E-state index in [4.69, 9.17) is 16.3 Å². The third-order valence-electron chi connectivity index (χ3n) is 3.50. The van der Waals surface area contributed by atoms with Crippen molar-refractivity contribution >= 4 is 23.2 Å². The molecule has 1 aliphatic heterocycles. The van der Waals surface area contributed by atoms with Crippen molar-refractivity contribution in [1.29, 1.82) is 0 Å². The lowest BCUT2D eigenvalue weighted by atomic mass is 10.1. The van der Waals surface area contributed by atoms with Gasteiger partial charge in [0, 0.05) is 30.8 Å². The first-order valence-corrected chi connectivity index (χ1v) is 7.25. The van der Waals surface area contributed by atoms with Crippen molar-refractivity contribution in [2.24, 2.45) is 0 Å². The molecule has 7 heteroatoms. The molecule has 1 aromatic carbocycles. The molecule has 0 N–H and O–H groups in total. The molecule has 21 heavy (non-hydrogen) atoms. The quantitative estimate of drug-likeness (QED) is 0.619. The van der Waals surface area contributed by atoms with E-state index in [0.29, 0.717) is 24.7 Å². The maximum atomic E-state index is 12.5. The zero-order chi connectivity index (χ0) is 15.4. The Morgan fingerprint density at radius 1 is 1.57 bits per heavy atom. The number of nitro benzene ring substituents is 1. The zero-order valence-electron chi connectivity index (χ0n) is 11.8. The number of nitrogens with zero attached hydrogens (tertiary/aromatic N) is 2. The summed E-state index contributed by atoms with van der Waals surface area (Å²) >= 11 is 5.87. The van der Waals surface area contributed by atoms with Crippen molar-refractivity contribution in [1.82, 2.24) is 4.90 Å². The van der Waals surface area contributed by atoms with Crippen LogP contribution in [-0.4, -0.2) is 41.5 Å². The fourth-order valence-corrected chi connectivity index (χ4v) is 2.57. The molecule has 2 rings (SSSR count). The van der Waals surface area contributed by atoms with Crippen LogP contribution in [0.3, 0.4) is 0 Å². The van der Waals surface area contributed by atoms with E-state index in [0.717, 1.165) is 12.8 Å². The zero-order valence-corrected chi connectivity index (χ0v) is 12.5. The summed E-state index contributed by atoms with van der Waals surface area (Å²) in [6.45, 7) is 3.44. The molecule has 1 amide bonds. The topological polar surface area (TPSA) is 72.7 Å². The summed E-state index contributed by atoms with van der Waals surface area (Å²) in [5.41, 5.74) is -0.206. The van der Waals surface area contributed by atoms with Gasteiger partial charge in [-0.25, -0.2) is 0 Å². The number of benzene rings is 1. The minimum Gasteiger partial charge on any atom is -0.376 e. The standard InChI is InChI=1S/C14H17ClN2O4/c1-2-16(9-11-4-3-7-21-11)14(18)12-8-10(15)5-6-13(12)17(19)20/h5-6,8,11H,2-4,7,9H2,1H3. The van der Waals surface area contributed by atoms with Crippen LogP contribution in [0, 0.1) is 10.1 Å². The number of carbonyl (C=O) groups excluding carboxylic acids is 1. The van der Waals surface area contributed by atoms with Crippen LogP contribution in [0.2, 0.25) is 5.02 Å².